The van der Waals surface area contributed by atoms with Gasteiger partial charge in [0, 0.05) is 37.5 Å². The molecule has 0 radical (unpaired) electrons. The Bertz CT molecular complexity index is 1850. The molecule has 30 heteroatoms. The molecule has 0 aromatic carbocycles. The Morgan fingerprint density at radius 1 is 0.862 bits per heavy atom. The van der Waals surface area contributed by atoms with Crippen LogP contribution in [-0.4, -0.2) is 192 Å². The van der Waals surface area contributed by atoms with E-state index in [1.165, 1.54) is 12.5 Å². The molecule has 2 heterocycles. The van der Waals surface area contributed by atoms with Crippen LogP contribution in [0.15, 0.2) is 17.5 Å². The summed E-state index contributed by atoms with van der Waals surface area (Å²) in [5.74, 6) is -11.5. The molecule has 1 aromatic heterocycles. The number of nitrogens with two attached hydrogens (primary N) is 3. The molecular formula is C35H57N13O16S. The molecule has 1 aliphatic rings. The van der Waals surface area contributed by atoms with Crippen LogP contribution in [0.1, 0.15) is 45.2 Å². The van der Waals surface area contributed by atoms with Gasteiger partial charge in [-0.25, -0.2) is 9.78 Å². The van der Waals surface area contributed by atoms with Gasteiger partial charge in [0.25, 0.3) is 0 Å². The van der Waals surface area contributed by atoms with Crippen LogP contribution in [0, 0.1) is 0 Å². The van der Waals surface area contributed by atoms with Gasteiger partial charge in [-0.15, -0.1) is 0 Å². The Morgan fingerprint density at radius 3 is 1.95 bits per heavy atom. The summed E-state index contributed by atoms with van der Waals surface area (Å²) in [6.07, 6.45) is -8.78. The molecule has 0 saturated carbocycles. The fourth-order valence-electron chi connectivity index (χ4n) is 6.05. The smallest absolute Gasteiger partial charge is 0.328 e. The van der Waals surface area contributed by atoms with Gasteiger partial charge in [-0.1, -0.05) is 0 Å². The van der Waals surface area contributed by atoms with Gasteiger partial charge in [0.15, 0.2) is 18.2 Å². The van der Waals surface area contributed by atoms with E-state index >= 15 is 0 Å². The fourth-order valence-corrected chi connectivity index (χ4v) is 6.22. The summed E-state index contributed by atoms with van der Waals surface area (Å²) in [6, 6.07) is -12.0. The molecule has 1 aromatic rings. The van der Waals surface area contributed by atoms with Crippen LogP contribution in [-0.2, 0) is 54.3 Å². The average molecular weight is 948 g/mol. The van der Waals surface area contributed by atoms with E-state index in [-0.39, 0.29) is 36.8 Å². The number of carbonyl (C=O) groups is 9. The monoisotopic (exact) mass is 947 g/mol. The van der Waals surface area contributed by atoms with Crippen LogP contribution in [0.3, 0.4) is 0 Å². The molecule has 0 bridgehead atoms. The van der Waals surface area contributed by atoms with E-state index in [9.17, 15) is 73.8 Å². The first-order valence-electron chi connectivity index (χ1n) is 19.7. The minimum atomic E-state index is -2.04. The summed E-state index contributed by atoms with van der Waals surface area (Å²) in [5.41, 5.74) is 16.7. The van der Waals surface area contributed by atoms with Crippen molar-refractivity contribution in [2.45, 2.75) is 119 Å². The lowest BCUT2D eigenvalue weighted by atomic mass is 9.95. The molecule has 1 aliphatic heterocycles. The van der Waals surface area contributed by atoms with Crippen LogP contribution in [0.4, 0.5) is 0 Å². The highest BCUT2D eigenvalue weighted by atomic mass is 32.1. The number of aliphatic hydroxyl groups excluding tert-OH is 4. The van der Waals surface area contributed by atoms with E-state index in [0.717, 1.165) is 13.8 Å². The van der Waals surface area contributed by atoms with Gasteiger partial charge < -0.3 is 94.8 Å². The molecule has 0 spiro atoms. The highest BCUT2D eigenvalue weighted by Crippen LogP contribution is 2.20. The SMILES string of the molecule is CC(=O)N[C@@H]1[C@@H](O)[C@H](O)[C@@H](CO)O[C@H]1NC(=O)C[C@H](NC(=O)[C@H](CCCN=C(N)N)NC(=O)[C@H](CC(=O)O)NC(=O)[C@@H](N)CS)C(=O)N[C@@H](Cc1cnc[nH]1)C(=O)N[C@H](C(=O)O)[C@@H](C)O. The maximum Gasteiger partial charge on any atom is 0.328 e. The molecule has 29 nitrogen and oxygen atoms in total. The lowest BCUT2D eigenvalue weighted by molar-refractivity contribution is -0.203. The van der Waals surface area contributed by atoms with E-state index in [0.29, 0.717) is 0 Å². The average Bonchev–Trinajstić information content (AvgIpc) is 3.74. The van der Waals surface area contributed by atoms with Crippen molar-refractivity contribution in [2.24, 2.45) is 22.2 Å². The van der Waals surface area contributed by atoms with Gasteiger partial charge >= 0.3 is 11.9 Å². The van der Waals surface area contributed by atoms with Crippen molar-refractivity contribution in [3.05, 3.63) is 18.2 Å². The summed E-state index contributed by atoms with van der Waals surface area (Å²) in [6.45, 7) is 1.12. The first kappa shape index (κ1) is 55.0. The second-order valence-electron chi connectivity index (χ2n) is 14.7. The number of rotatable bonds is 26. The largest absolute Gasteiger partial charge is 0.481 e. The normalized spacial score (nSPS) is 21.3. The number of H-pyrrole nitrogens is 1. The fraction of sp³-hybridized carbons (Fsp3) is 0.629. The number of nitrogens with zero attached hydrogens (tertiary/aromatic N) is 2. The number of carboxylic acids is 2. The number of carboxylic acid groups (broad SMARTS) is 2. The standard InChI is InChI=1S/C35H57N13O16S/c1-13(50)24(34(62)63)48-32(61)18(6-15-9-39-12-41-15)45-30(59)19(7-22(52)47-33-25(42-14(2)51)27(56)26(55)21(10-49)64-33)46-29(58)17(4-3-5-40-35(37)38)43-31(60)20(8-23(53)54)44-28(57)16(36)11-65/h9,12-13,16-21,24-27,33,49-50,55-56,65H,3-8,10-11,36H2,1-2H3,(H,39,41)(H,42,51)(H,43,60)(H,44,57)(H,45,59)(H,46,58)(H,47,52)(H,48,61)(H,53,54)(H,62,63)(H4,37,38,40)/t13-,16+,17+,18+,19+,20+,21-,24+,25-,26-,27-,33-/m1/s1. The second kappa shape index (κ2) is 26.6. The van der Waals surface area contributed by atoms with Crippen molar-refractivity contribution >= 4 is 71.9 Å². The Hall–Kier alpha value is -6.18. The van der Waals surface area contributed by atoms with Gasteiger partial charge in [-0.05, 0) is 19.8 Å². The van der Waals surface area contributed by atoms with Crippen molar-refractivity contribution < 1.29 is 78.5 Å². The lowest BCUT2D eigenvalue weighted by Gasteiger charge is -2.42. The van der Waals surface area contributed by atoms with Gasteiger partial charge in [0.05, 0.1) is 37.9 Å². The van der Waals surface area contributed by atoms with Gasteiger partial charge in [0.2, 0.25) is 41.4 Å². The molecular weight excluding hydrogens is 891 g/mol. The third kappa shape index (κ3) is 18.1. The van der Waals surface area contributed by atoms with Crippen molar-refractivity contribution in [1.29, 1.82) is 0 Å². The van der Waals surface area contributed by atoms with Crippen LogP contribution < -0.4 is 54.4 Å². The number of amides is 7. The zero-order chi connectivity index (χ0) is 49.1. The maximum atomic E-state index is 14.2. The predicted octanol–water partition coefficient (Wildman–Crippen LogP) is -8.92. The molecule has 7 amide bonds. The molecule has 0 aliphatic carbocycles. The minimum absolute atomic E-state index is 0.0572. The number of aromatic amines is 1. The molecule has 1 saturated heterocycles. The van der Waals surface area contributed by atoms with Crippen molar-refractivity contribution in [3.63, 3.8) is 0 Å². The van der Waals surface area contributed by atoms with Crippen molar-refractivity contribution in [2.75, 3.05) is 18.9 Å². The number of imidazole rings is 1. The first-order chi connectivity index (χ1) is 30.5. The third-order valence-electron chi connectivity index (χ3n) is 9.40. The number of ether oxygens (including phenoxy) is 1. The summed E-state index contributed by atoms with van der Waals surface area (Å²) in [4.78, 5) is 127. The zero-order valence-corrected chi connectivity index (χ0v) is 36.0. The minimum Gasteiger partial charge on any atom is -0.481 e. The van der Waals surface area contributed by atoms with Crippen LogP contribution >= 0.6 is 12.6 Å². The van der Waals surface area contributed by atoms with E-state index in [4.69, 9.17) is 21.9 Å². The zero-order valence-electron chi connectivity index (χ0n) is 35.1. The van der Waals surface area contributed by atoms with E-state index in [1.54, 1.807) is 0 Å². The lowest BCUT2D eigenvalue weighted by Crippen LogP contribution is -2.68. The Kier molecular flexibility index (Phi) is 22.5. The number of aromatic nitrogens is 2. The molecule has 0 unspecified atom stereocenters. The number of aliphatic imine (C=N–C) groups is 1. The van der Waals surface area contributed by atoms with E-state index < -0.39 is 152 Å². The predicted molar refractivity (Wildman–Crippen MR) is 223 cm³/mol. The van der Waals surface area contributed by atoms with Gasteiger partial charge in [-0.2, -0.15) is 12.6 Å². The number of thiol groups is 1. The molecule has 20 N–H and O–H groups in total. The number of aliphatic hydroxyl groups is 4. The van der Waals surface area contributed by atoms with E-state index in [1.807, 2.05) is 0 Å². The topological polar surface area (TPSA) is 488 Å². The summed E-state index contributed by atoms with van der Waals surface area (Å²) in [7, 11) is 0. The van der Waals surface area contributed by atoms with Crippen molar-refractivity contribution in [3.8, 4) is 0 Å². The Labute approximate surface area is 375 Å². The Morgan fingerprint density at radius 2 is 1.43 bits per heavy atom. The van der Waals surface area contributed by atoms with Crippen LogP contribution in [0.2, 0.25) is 0 Å². The number of guanidine groups is 1. The molecule has 2 rings (SSSR count). The van der Waals surface area contributed by atoms with Gasteiger partial charge in [-0.3, -0.25) is 43.3 Å². The quantitative estimate of drug-likeness (QED) is 0.0177. The van der Waals surface area contributed by atoms with Gasteiger partial charge in [0.1, 0.15) is 48.5 Å². The Balaban J connectivity index is 2.62. The van der Waals surface area contributed by atoms with Crippen LogP contribution in [0.25, 0.3) is 0 Å². The molecule has 1 fully saturated rings. The number of carbonyl (C=O) groups excluding carboxylic acids is 7. The number of hydrogen-bond donors (Lipinski definition) is 18. The molecule has 65 heavy (non-hydrogen) atoms. The summed E-state index contributed by atoms with van der Waals surface area (Å²) < 4.78 is 5.52. The number of hydrogen-bond acceptors (Lipinski definition) is 18. The number of nitrogens with one attached hydrogen (secondary N) is 8. The second-order valence-corrected chi connectivity index (χ2v) is 15.0. The van der Waals surface area contributed by atoms with Crippen LogP contribution in [0.5, 0.6) is 0 Å². The number of aliphatic carboxylic acids is 2. The maximum absolute atomic E-state index is 14.2. The van der Waals surface area contributed by atoms with E-state index in [2.05, 4.69) is 64.8 Å². The summed E-state index contributed by atoms with van der Waals surface area (Å²) in [5, 5.41) is 75.7. The molecule has 12 atom stereocenters. The highest BCUT2D eigenvalue weighted by molar-refractivity contribution is 7.80. The molecule has 364 valence electrons. The highest BCUT2D eigenvalue weighted by Gasteiger charge is 2.46. The van der Waals surface area contributed by atoms with Crippen molar-refractivity contribution in [1.82, 2.24) is 47.2 Å². The summed E-state index contributed by atoms with van der Waals surface area (Å²) >= 11 is 3.91. The first-order valence-corrected chi connectivity index (χ1v) is 20.3. The third-order valence-corrected chi connectivity index (χ3v) is 9.80.